The van der Waals surface area contributed by atoms with E-state index in [0.717, 1.165) is 0 Å². The molecular weight excluding hydrogens is 82.1 g/mol. The molecule has 0 aromatic carbocycles. The van der Waals surface area contributed by atoms with Gasteiger partial charge in [0.25, 0.3) is 0 Å². The molecule has 0 spiro atoms. The summed E-state index contributed by atoms with van der Waals surface area (Å²) in [6, 6.07) is 0. The quantitative estimate of drug-likeness (QED) is 0.415. The van der Waals surface area contributed by atoms with Gasteiger partial charge in [0.1, 0.15) is 0 Å². The molecule has 0 aliphatic rings. The molecule has 0 aromatic rings. The van der Waals surface area contributed by atoms with Crippen molar-refractivity contribution in [1.82, 2.24) is 0 Å². The lowest BCUT2D eigenvalue weighted by Crippen LogP contribution is -1.72. The van der Waals surface area contributed by atoms with Crippen LogP contribution in [0.4, 0.5) is 0 Å². The molecule has 0 aliphatic heterocycles. The Balaban J connectivity index is 3.14. The highest BCUT2D eigenvalue weighted by Crippen LogP contribution is 1.64. The van der Waals surface area contributed by atoms with Crippen LogP contribution < -0.4 is 0 Å². The van der Waals surface area contributed by atoms with Gasteiger partial charge < -0.3 is 0 Å². The molecule has 0 unspecified atom stereocenters. The Morgan fingerprint density at radius 3 is 1.60 bits per heavy atom. The van der Waals surface area contributed by atoms with Gasteiger partial charge in [-0.1, -0.05) is 0 Å². The minimum Gasteiger partial charge on any atom is -0.269 e. The highest BCUT2D eigenvalue weighted by molar-refractivity contribution is 7.85. The van der Waals surface area contributed by atoms with Gasteiger partial charge in [-0.25, -0.2) is 0 Å². The highest BCUT2D eigenvalue weighted by Gasteiger charge is 1.58. The monoisotopic (exact) mass is 91.0 g/mol. The molecule has 0 fully saturated rings. The smallest absolute Gasteiger partial charge is 0.0346 e. The van der Waals surface area contributed by atoms with E-state index < -0.39 is 0 Å². The average molecular weight is 91.2 g/mol. The van der Waals surface area contributed by atoms with Crippen LogP contribution in [0.2, 0.25) is 0 Å². The Bertz CT molecular complexity index is 44.9. The topological polar surface area (TPSA) is 12.4 Å². The summed E-state index contributed by atoms with van der Waals surface area (Å²) in [6.07, 6.45) is 4.17. The molecule has 0 amide bonds. The van der Waals surface area contributed by atoms with E-state index in [-0.39, 0.29) is 0 Å². The van der Waals surface area contributed by atoms with Crippen LogP contribution in [0.1, 0.15) is 0 Å². The lowest BCUT2D eigenvalue weighted by molar-refractivity contribution is 1.51. The number of rotatable bonds is 0. The SMILES string of the molecule is CN=S(C)C. The van der Waals surface area contributed by atoms with Crippen LogP contribution in [-0.4, -0.2) is 19.6 Å². The van der Waals surface area contributed by atoms with Gasteiger partial charge in [0.2, 0.25) is 0 Å². The molecule has 0 bridgehead atoms. The van der Waals surface area contributed by atoms with Crippen LogP contribution in [0.5, 0.6) is 0 Å². The second-order valence-corrected chi connectivity index (χ2v) is 2.87. The number of hydrogen-bond donors (Lipinski definition) is 0. The van der Waals surface area contributed by atoms with Gasteiger partial charge in [0.05, 0.1) is 0 Å². The second kappa shape index (κ2) is 2.39. The Hall–Kier alpha value is 0.150. The van der Waals surface area contributed by atoms with Crippen LogP contribution in [0, 0.1) is 0 Å². The fraction of sp³-hybridized carbons (Fsp3) is 1.00. The zero-order chi connectivity index (χ0) is 4.28. The van der Waals surface area contributed by atoms with Crippen molar-refractivity contribution in [2.24, 2.45) is 4.36 Å². The van der Waals surface area contributed by atoms with Crippen molar-refractivity contribution in [2.75, 3.05) is 19.6 Å². The summed E-state index contributed by atoms with van der Waals surface area (Å²) in [5.41, 5.74) is 0. The molecule has 0 radical (unpaired) electrons. The van der Waals surface area contributed by atoms with E-state index in [2.05, 4.69) is 16.9 Å². The van der Waals surface area contributed by atoms with Crippen LogP contribution in [-0.2, 0) is 10.7 Å². The fourth-order valence-corrected chi connectivity index (χ4v) is 0. The number of nitrogens with zero attached hydrogens (tertiary/aromatic N) is 1. The van der Waals surface area contributed by atoms with E-state index in [1.165, 1.54) is 0 Å². The lowest BCUT2D eigenvalue weighted by Gasteiger charge is -1.77. The van der Waals surface area contributed by atoms with Gasteiger partial charge in [-0.2, -0.15) is 0 Å². The zero-order valence-corrected chi connectivity index (χ0v) is 4.67. The maximum absolute atomic E-state index is 3.92. The van der Waals surface area contributed by atoms with Gasteiger partial charge in [0, 0.05) is 7.05 Å². The maximum Gasteiger partial charge on any atom is 0.0346 e. The first-order valence-corrected chi connectivity index (χ1v) is 3.44. The molecule has 0 saturated carbocycles. The van der Waals surface area contributed by atoms with Crippen molar-refractivity contribution in [3.05, 3.63) is 0 Å². The van der Waals surface area contributed by atoms with Gasteiger partial charge in [-0.15, -0.1) is 10.7 Å². The van der Waals surface area contributed by atoms with Crippen LogP contribution in [0.3, 0.4) is 0 Å². The summed E-state index contributed by atoms with van der Waals surface area (Å²) in [5, 5.41) is 0. The maximum atomic E-state index is 3.92. The molecule has 0 rings (SSSR count). The minimum atomic E-state index is 0.302. The lowest BCUT2D eigenvalue weighted by atomic mass is 11.6. The van der Waals surface area contributed by atoms with Crippen LogP contribution in [0.25, 0.3) is 0 Å². The molecule has 0 aliphatic carbocycles. The highest BCUT2D eigenvalue weighted by atomic mass is 32.2. The number of hydrogen-bond acceptors (Lipinski definition) is 1. The Kier molecular flexibility index (Phi) is 2.46. The summed E-state index contributed by atoms with van der Waals surface area (Å²) in [7, 11) is 2.14. The van der Waals surface area contributed by atoms with Gasteiger partial charge in [-0.3, -0.25) is 4.36 Å². The van der Waals surface area contributed by atoms with E-state index in [0.29, 0.717) is 10.7 Å². The molecule has 32 valence electrons. The normalized spacial score (nSPS) is 8.80. The molecular formula is C3H9NS. The minimum absolute atomic E-state index is 0.302. The van der Waals surface area contributed by atoms with E-state index in [4.69, 9.17) is 0 Å². The Morgan fingerprint density at radius 1 is 1.40 bits per heavy atom. The van der Waals surface area contributed by atoms with Crippen molar-refractivity contribution in [3.63, 3.8) is 0 Å². The van der Waals surface area contributed by atoms with Crippen LogP contribution >= 0.6 is 0 Å². The standard InChI is InChI=1S/C3H9NS/c1-4-5(2)3/h1-3H3. The third-order valence-electron chi connectivity index (χ3n) is 0.365. The summed E-state index contributed by atoms with van der Waals surface area (Å²) >= 11 is 0. The molecule has 0 N–H and O–H groups in total. The first kappa shape index (κ1) is 5.15. The Labute approximate surface area is 35.5 Å². The van der Waals surface area contributed by atoms with Crippen molar-refractivity contribution in [1.29, 1.82) is 0 Å². The van der Waals surface area contributed by atoms with Gasteiger partial charge in [0.15, 0.2) is 0 Å². The third kappa shape index (κ3) is 4.15. The third-order valence-corrected chi connectivity index (χ3v) is 1.10. The average Bonchev–Trinajstić information content (AvgIpc) is 1.38. The van der Waals surface area contributed by atoms with Gasteiger partial charge in [-0.05, 0) is 12.5 Å². The molecule has 0 aromatic heterocycles. The molecule has 2 heteroatoms. The van der Waals surface area contributed by atoms with Crippen molar-refractivity contribution >= 4 is 10.7 Å². The van der Waals surface area contributed by atoms with E-state index >= 15 is 0 Å². The van der Waals surface area contributed by atoms with Crippen LogP contribution in [0.15, 0.2) is 4.36 Å². The first-order chi connectivity index (χ1) is 2.27. The largest absolute Gasteiger partial charge is 0.269 e. The fourth-order valence-electron chi connectivity index (χ4n) is 0. The summed E-state index contributed by atoms with van der Waals surface area (Å²) in [6.45, 7) is 0. The predicted molar refractivity (Wildman–Crippen MR) is 27.6 cm³/mol. The summed E-state index contributed by atoms with van der Waals surface area (Å²) in [5.74, 6) is 0. The van der Waals surface area contributed by atoms with Crippen molar-refractivity contribution in [2.45, 2.75) is 0 Å². The zero-order valence-electron chi connectivity index (χ0n) is 3.86. The molecule has 0 saturated heterocycles. The second-order valence-electron chi connectivity index (χ2n) is 0.956. The predicted octanol–water partition coefficient (Wildman–Crippen LogP) is 0.678. The van der Waals surface area contributed by atoms with E-state index in [1.54, 1.807) is 0 Å². The molecule has 0 heterocycles. The van der Waals surface area contributed by atoms with Crippen molar-refractivity contribution < 1.29 is 0 Å². The van der Waals surface area contributed by atoms with E-state index in [9.17, 15) is 0 Å². The molecule has 5 heavy (non-hydrogen) atoms. The van der Waals surface area contributed by atoms with Gasteiger partial charge >= 0.3 is 0 Å². The van der Waals surface area contributed by atoms with Crippen molar-refractivity contribution in [3.8, 4) is 0 Å². The van der Waals surface area contributed by atoms with E-state index in [1.807, 2.05) is 7.05 Å². The summed E-state index contributed by atoms with van der Waals surface area (Å²) in [4.78, 5) is 0. The molecule has 1 nitrogen and oxygen atoms in total. The first-order valence-electron chi connectivity index (χ1n) is 1.45. The molecule has 0 atom stereocenters. The summed E-state index contributed by atoms with van der Waals surface area (Å²) < 4.78 is 3.92. The Morgan fingerprint density at radius 2 is 1.60 bits per heavy atom.